The Balaban J connectivity index is 2.60. The average molecular weight is 266 g/mol. The van der Waals surface area contributed by atoms with E-state index in [-0.39, 0.29) is 11.7 Å². The number of carboxylic acids is 1. The third-order valence-corrected chi connectivity index (χ3v) is 3.81. The molecule has 1 N–H and O–H groups in total. The van der Waals surface area contributed by atoms with Crippen molar-refractivity contribution in [2.75, 3.05) is 0 Å². The normalized spacial score (nSPS) is 29.4. The Morgan fingerprint density at radius 1 is 1.16 bits per heavy atom. The van der Waals surface area contributed by atoms with Crippen LogP contribution in [0.4, 0.5) is 0 Å². The molecule has 3 nitrogen and oxygen atoms in total. The maximum absolute atomic E-state index is 12.0. The average Bonchev–Trinajstić information content (AvgIpc) is 2.34. The Morgan fingerprint density at radius 3 is 2.58 bits per heavy atom. The summed E-state index contributed by atoms with van der Waals surface area (Å²) >= 11 is 0. The molecule has 0 saturated heterocycles. The fourth-order valence-corrected chi connectivity index (χ4v) is 2.58. The van der Waals surface area contributed by atoms with Crippen molar-refractivity contribution in [2.24, 2.45) is 11.8 Å². The van der Waals surface area contributed by atoms with Crippen LogP contribution in [0.5, 0.6) is 0 Å². The van der Waals surface area contributed by atoms with Crippen LogP contribution in [-0.2, 0) is 9.59 Å². The number of carbonyl (C=O) groups excluding carboxylic acids is 1. The molecule has 3 heteroatoms. The molecule has 0 heterocycles. The number of hydrogen-bond donors (Lipinski definition) is 1. The standard InChI is InChI=1S/C16H26O3/c1-13-10-8-6-4-2-3-5-7-9-11-14(16(18)19)15(17)12-13/h6,8,13-14H,2-5,7,9-12H2,1H3,(H,18,19)/b8-6-. The summed E-state index contributed by atoms with van der Waals surface area (Å²) in [4.78, 5) is 23.2. The number of Topliss-reactive ketones (excluding diaryl/α,β-unsaturated/α-hetero) is 1. The first-order valence-electron chi connectivity index (χ1n) is 7.51. The molecule has 0 spiro atoms. The first kappa shape index (κ1) is 15.9. The predicted molar refractivity (Wildman–Crippen MR) is 76.0 cm³/mol. The first-order valence-corrected chi connectivity index (χ1v) is 7.51. The first-order chi connectivity index (χ1) is 9.11. The predicted octanol–water partition coefficient (Wildman–Crippen LogP) is 3.97. The van der Waals surface area contributed by atoms with Crippen LogP contribution in [0, 0.1) is 11.8 Å². The minimum Gasteiger partial charge on any atom is -0.481 e. The van der Waals surface area contributed by atoms with Crippen LogP contribution in [0.3, 0.4) is 0 Å². The highest BCUT2D eigenvalue weighted by atomic mass is 16.4. The molecule has 1 aliphatic carbocycles. The summed E-state index contributed by atoms with van der Waals surface area (Å²) in [6, 6.07) is 0. The van der Waals surface area contributed by atoms with E-state index in [0.29, 0.717) is 12.8 Å². The van der Waals surface area contributed by atoms with E-state index in [9.17, 15) is 9.59 Å². The number of allylic oxidation sites excluding steroid dienone is 2. The SMILES string of the molecule is CC1C/C=C\CCCCCCCC(C(=O)O)C(=O)C1. The lowest BCUT2D eigenvalue weighted by atomic mass is 9.89. The Morgan fingerprint density at radius 2 is 1.84 bits per heavy atom. The highest BCUT2D eigenvalue weighted by Crippen LogP contribution is 2.19. The molecule has 0 bridgehead atoms. The second kappa shape index (κ2) is 8.89. The number of rotatable bonds is 1. The summed E-state index contributed by atoms with van der Waals surface area (Å²) in [5.41, 5.74) is 0. The number of carboxylic acid groups (broad SMARTS) is 1. The molecule has 0 amide bonds. The molecule has 0 fully saturated rings. The van der Waals surface area contributed by atoms with Crippen LogP contribution in [-0.4, -0.2) is 16.9 Å². The Labute approximate surface area is 116 Å². The quantitative estimate of drug-likeness (QED) is 0.577. The summed E-state index contributed by atoms with van der Waals surface area (Å²) in [7, 11) is 0. The molecule has 0 radical (unpaired) electrons. The van der Waals surface area contributed by atoms with Gasteiger partial charge in [-0.05, 0) is 31.6 Å². The van der Waals surface area contributed by atoms with Crippen molar-refractivity contribution >= 4 is 11.8 Å². The number of hydrogen-bond acceptors (Lipinski definition) is 2. The fraction of sp³-hybridized carbons (Fsp3) is 0.750. The molecule has 1 rings (SSSR count). The van der Waals surface area contributed by atoms with Crippen molar-refractivity contribution < 1.29 is 14.7 Å². The van der Waals surface area contributed by atoms with Gasteiger partial charge in [0.1, 0.15) is 11.7 Å². The van der Waals surface area contributed by atoms with Crippen molar-refractivity contribution in [1.29, 1.82) is 0 Å². The van der Waals surface area contributed by atoms with Crippen LogP contribution in [0.15, 0.2) is 12.2 Å². The van der Waals surface area contributed by atoms with Gasteiger partial charge in [-0.15, -0.1) is 0 Å². The van der Waals surface area contributed by atoms with Gasteiger partial charge in [0.05, 0.1) is 0 Å². The highest BCUT2D eigenvalue weighted by Gasteiger charge is 2.26. The molecule has 2 atom stereocenters. The minimum absolute atomic E-state index is 0.0922. The third kappa shape index (κ3) is 6.55. The molecule has 0 aliphatic heterocycles. The van der Waals surface area contributed by atoms with Gasteiger partial charge in [0.15, 0.2) is 0 Å². The summed E-state index contributed by atoms with van der Waals surface area (Å²) in [6.45, 7) is 2.02. The summed E-state index contributed by atoms with van der Waals surface area (Å²) in [6.07, 6.45) is 12.7. The fourth-order valence-electron chi connectivity index (χ4n) is 2.58. The largest absolute Gasteiger partial charge is 0.481 e. The van der Waals surface area contributed by atoms with Gasteiger partial charge in [0.25, 0.3) is 0 Å². The van der Waals surface area contributed by atoms with Crippen LogP contribution < -0.4 is 0 Å². The van der Waals surface area contributed by atoms with Gasteiger partial charge >= 0.3 is 5.97 Å². The van der Waals surface area contributed by atoms with Crippen molar-refractivity contribution in [3.63, 3.8) is 0 Å². The van der Waals surface area contributed by atoms with Crippen molar-refractivity contribution in [2.45, 2.75) is 64.7 Å². The van der Waals surface area contributed by atoms with Gasteiger partial charge in [-0.3, -0.25) is 9.59 Å². The maximum Gasteiger partial charge on any atom is 0.314 e. The van der Waals surface area contributed by atoms with E-state index < -0.39 is 11.9 Å². The molecular weight excluding hydrogens is 240 g/mol. The summed E-state index contributed by atoms with van der Waals surface area (Å²) in [5, 5.41) is 9.17. The Bertz CT molecular complexity index is 320. The summed E-state index contributed by atoms with van der Waals surface area (Å²) < 4.78 is 0. The Hall–Kier alpha value is -1.12. The molecule has 2 unspecified atom stereocenters. The van der Waals surface area contributed by atoms with E-state index in [4.69, 9.17) is 5.11 Å². The maximum atomic E-state index is 12.0. The van der Waals surface area contributed by atoms with E-state index in [0.717, 1.165) is 32.1 Å². The molecule has 0 aromatic rings. The monoisotopic (exact) mass is 266 g/mol. The number of ketones is 1. The Kier molecular flexibility index (Phi) is 7.46. The molecule has 108 valence electrons. The molecule has 0 aromatic carbocycles. The lowest BCUT2D eigenvalue weighted by Gasteiger charge is -2.14. The van der Waals surface area contributed by atoms with E-state index in [2.05, 4.69) is 12.2 Å². The third-order valence-electron chi connectivity index (χ3n) is 3.81. The van der Waals surface area contributed by atoms with Crippen LogP contribution >= 0.6 is 0 Å². The molecule has 0 saturated carbocycles. The molecule has 0 aromatic heterocycles. The van der Waals surface area contributed by atoms with Crippen LogP contribution in [0.25, 0.3) is 0 Å². The van der Waals surface area contributed by atoms with E-state index in [1.54, 1.807) is 0 Å². The zero-order chi connectivity index (χ0) is 14.1. The van der Waals surface area contributed by atoms with E-state index in [1.165, 1.54) is 12.8 Å². The van der Waals surface area contributed by atoms with Crippen molar-refractivity contribution in [3.8, 4) is 0 Å². The van der Waals surface area contributed by atoms with Gasteiger partial charge in [-0.25, -0.2) is 0 Å². The topological polar surface area (TPSA) is 54.4 Å². The second-order valence-corrected chi connectivity index (χ2v) is 5.72. The number of carbonyl (C=O) groups is 2. The lowest BCUT2D eigenvalue weighted by molar-refractivity contribution is -0.146. The molecule has 19 heavy (non-hydrogen) atoms. The molecular formula is C16H26O3. The van der Waals surface area contributed by atoms with Gasteiger partial charge < -0.3 is 5.11 Å². The van der Waals surface area contributed by atoms with Crippen LogP contribution in [0.2, 0.25) is 0 Å². The van der Waals surface area contributed by atoms with Crippen molar-refractivity contribution in [1.82, 2.24) is 0 Å². The number of aliphatic carboxylic acids is 1. The van der Waals surface area contributed by atoms with Crippen LogP contribution in [0.1, 0.15) is 64.7 Å². The highest BCUT2D eigenvalue weighted by molar-refractivity contribution is 5.98. The smallest absolute Gasteiger partial charge is 0.314 e. The van der Waals surface area contributed by atoms with Crippen molar-refractivity contribution in [3.05, 3.63) is 12.2 Å². The minimum atomic E-state index is -0.945. The second-order valence-electron chi connectivity index (χ2n) is 5.72. The van der Waals surface area contributed by atoms with E-state index in [1.807, 2.05) is 6.92 Å². The van der Waals surface area contributed by atoms with Gasteiger partial charge in [-0.2, -0.15) is 0 Å². The van der Waals surface area contributed by atoms with Gasteiger partial charge in [-0.1, -0.05) is 44.8 Å². The van der Waals surface area contributed by atoms with Gasteiger partial charge in [0.2, 0.25) is 0 Å². The lowest BCUT2D eigenvalue weighted by Crippen LogP contribution is -2.25. The molecule has 1 aliphatic rings. The summed E-state index contributed by atoms with van der Waals surface area (Å²) in [5.74, 6) is -1.58. The van der Waals surface area contributed by atoms with Gasteiger partial charge in [0, 0.05) is 6.42 Å². The van der Waals surface area contributed by atoms with E-state index >= 15 is 0 Å². The zero-order valence-corrected chi connectivity index (χ0v) is 11.9. The zero-order valence-electron chi connectivity index (χ0n) is 11.9.